The van der Waals surface area contributed by atoms with Crippen molar-refractivity contribution in [2.24, 2.45) is 0 Å². The first kappa shape index (κ1) is 26.3. The summed E-state index contributed by atoms with van der Waals surface area (Å²) in [6.45, 7) is 10.5. The molecule has 0 saturated carbocycles. The molecule has 1 aliphatic rings. The molecule has 0 radical (unpaired) electrons. The third kappa shape index (κ3) is 6.24. The molecule has 1 saturated heterocycles. The first-order valence-corrected chi connectivity index (χ1v) is 12.5. The van der Waals surface area contributed by atoms with E-state index in [2.05, 4.69) is 16.9 Å². The Kier molecular flexibility index (Phi) is 8.95. The zero-order chi connectivity index (χ0) is 25.5. The van der Waals surface area contributed by atoms with Crippen LogP contribution in [0.4, 0.5) is 0 Å². The molecular weight excluding hydrogens is 444 g/mol. The number of ether oxygens (including phenoxy) is 1. The van der Waals surface area contributed by atoms with Crippen molar-refractivity contribution in [3.63, 3.8) is 0 Å². The highest BCUT2D eigenvalue weighted by atomic mass is 16.5. The Balaban J connectivity index is 1.71. The normalized spacial score (nSPS) is 15.7. The molecule has 2 heterocycles. The summed E-state index contributed by atoms with van der Waals surface area (Å²) in [4.78, 5) is 51.1. The molecule has 3 rings (SSSR count). The van der Waals surface area contributed by atoms with E-state index in [1.54, 1.807) is 30.6 Å². The SMILES string of the molecule is CCCCCc1ccc(C(=O)N2CCN(C(=O)c3nc(C)nc(C)c3C(=O)OCC)CC2C)cc1. The number of benzene rings is 1. The second-order valence-electron chi connectivity index (χ2n) is 9.05. The summed E-state index contributed by atoms with van der Waals surface area (Å²) in [7, 11) is 0. The van der Waals surface area contributed by atoms with Crippen molar-refractivity contribution < 1.29 is 19.1 Å². The minimum Gasteiger partial charge on any atom is -0.462 e. The summed E-state index contributed by atoms with van der Waals surface area (Å²) in [6.07, 6.45) is 4.56. The van der Waals surface area contributed by atoms with Crippen molar-refractivity contribution >= 4 is 17.8 Å². The van der Waals surface area contributed by atoms with Gasteiger partial charge < -0.3 is 14.5 Å². The van der Waals surface area contributed by atoms with Gasteiger partial charge in [-0.1, -0.05) is 31.9 Å². The molecule has 1 aliphatic heterocycles. The van der Waals surface area contributed by atoms with Crippen molar-refractivity contribution in [1.29, 1.82) is 0 Å². The summed E-state index contributed by atoms with van der Waals surface area (Å²) in [5.74, 6) is -0.574. The monoisotopic (exact) mass is 480 g/mol. The van der Waals surface area contributed by atoms with Crippen molar-refractivity contribution in [3.8, 4) is 0 Å². The molecule has 2 amide bonds. The molecule has 0 N–H and O–H groups in total. The van der Waals surface area contributed by atoms with E-state index in [9.17, 15) is 14.4 Å². The zero-order valence-corrected chi connectivity index (χ0v) is 21.5. The van der Waals surface area contributed by atoms with Crippen LogP contribution in [0, 0.1) is 13.8 Å². The number of esters is 1. The second kappa shape index (κ2) is 11.9. The number of hydrogen-bond donors (Lipinski definition) is 0. The third-order valence-corrected chi connectivity index (χ3v) is 6.33. The maximum Gasteiger partial charge on any atom is 0.342 e. The Morgan fingerprint density at radius 3 is 2.34 bits per heavy atom. The van der Waals surface area contributed by atoms with Gasteiger partial charge in [0, 0.05) is 31.2 Å². The smallest absolute Gasteiger partial charge is 0.342 e. The molecule has 188 valence electrons. The highest BCUT2D eigenvalue weighted by Gasteiger charge is 2.34. The lowest BCUT2D eigenvalue weighted by molar-refractivity contribution is 0.0406. The van der Waals surface area contributed by atoms with Crippen LogP contribution in [0.3, 0.4) is 0 Å². The quantitative estimate of drug-likeness (QED) is 0.419. The van der Waals surface area contributed by atoms with E-state index in [4.69, 9.17) is 4.74 Å². The minimum atomic E-state index is -0.603. The second-order valence-corrected chi connectivity index (χ2v) is 9.05. The summed E-state index contributed by atoms with van der Waals surface area (Å²) in [5, 5.41) is 0. The lowest BCUT2D eigenvalue weighted by Crippen LogP contribution is -2.55. The molecule has 1 aromatic heterocycles. The highest BCUT2D eigenvalue weighted by molar-refractivity contribution is 6.04. The summed E-state index contributed by atoms with van der Waals surface area (Å²) in [5.41, 5.74) is 2.47. The number of carbonyl (C=O) groups is 3. The Bertz CT molecular complexity index is 1070. The van der Waals surface area contributed by atoms with Gasteiger partial charge in [0.1, 0.15) is 17.1 Å². The molecule has 2 aromatic rings. The van der Waals surface area contributed by atoms with Crippen LogP contribution in [0.2, 0.25) is 0 Å². The molecule has 1 atom stereocenters. The molecule has 1 fully saturated rings. The molecule has 8 nitrogen and oxygen atoms in total. The maximum atomic E-state index is 13.4. The topological polar surface area (TPSA) is 92.7 Å². The third-order valence-electron chi connectivity index (χ3n) is 6.33. The van der Waals surface area contributed by atoms with E-state index < -0.39 is 5.97 Å². The fourth-order valence-corrected chi connectivity index (χ4v) is 4.47. The molecule has 1 unspecified atom stereocenters. The van der Waals surface area contributed by atoms with Gasteiger partial charge >= 0.3 is 5.97 Å². The van der Waals surface area contributed by atoms with E-state index in [0.717, 1.165) is 12.8 Å². The van der Waals surface area contributed by atoms with Crippen LogP contribution < -0.4 is 0 Å². The Labute approximate surface area is 207 Å². The van der Waals surface area contributed by atoms with Crippen molar-refractivity contribution in [3.05, 3.63) is 58.2 Å². The Morgan fingerprint density at radius 1 is 1.00 bits per heavy atom. The van der Waals surface area contributed by atoms with Crippen LogP contribution in [-0.4, -0.2) is 69.8 Å². The van der Waals surface area contributed by atoms with Crippen LogP contribution in [0.1, 0.15) is 88.3 Å². The summed E-state index contributed by atoms with van der Waals surface area (Å²) >= 11 is 0. The number of aromatic nitrogens is 2. The lowest BCUT2D eigenvalue weighted by atomic mass is 10.0. The van der Waals surface area contributed by atoms with E-state index >= 15 is 0 Å². The van der Waals surface area contributed by atoms with Gasteiger partial charge in [0.25, 0.3) is 11.8 Å². The number of carbonyl (C=O) groups excluding carboxylic acids is 3. The predicted molar refractivity (Wildman–Crippen MR) is 134 cm³/mol. The minimum absolute atomic E-state index is 0.0364. The van der Waals surface area contributed by atoms with Crippen LogP contribution in [0.25, 0.3) is 0 Å². The van der Waals surface area contributed by atoms with Gasteiger partial charge in [0.2, 0.25) is 0 Å². The molecule has 35 heavy (non-hydrogen) atoms. The number of unbranched alkanes of at least 4 members (excludes halogenated alkanes) is 2. The zero-order valence-electron chi connectivity index (χ0n) is 21.5. The van der Waals surface area contributed by atoms with Crippen LogP contribution >= 0.6 is 0 Å². The first-order valence-electron chi connectivity index (χ1n) is 12.5. The van der Waals surface area contributed by atoms with E-state index in [-0.39, 0.29) is 35.7 Å². The molecule has 8 heteroatoms. The number of aryl methyl sites for hydroxylation is 3. The van der Waals surface area contributed by atoms with Crippen LogP contribution in [0.15, 0.2) is 24.3 Å². The Morgan fingerprint density at radius 2 is 1.71 bits per heavy atom. The van der Waals surface area contributed by atoms with Crippen molar-refractivity contribution in [2.75, 3.05) is 26.2 Å². The molecular formula is C27H36N4O4. The Hall–Kier alpha value is -3.29. The standard InChI is InChI=1S/C27H36N4O4/c1-6-8-9-10-21-11-13-22(14-12-21)25(32)31-16-15-30(17-18(31)3)26(33)24-23(27(34)35-7-2)19(4)28-20(5)29-24/h11-14,18H,6-10,15-17H2,1-5H3. The van der Waals surface area contributed by atoms with Crippen molar-refractivity contribution in [2.45, 2.75) is 66.3 Å². The molecule has 0 bridgehead atoms. The van der Waals surface area contributed by atoms with Gasteiger partial charge in [0.05, 0.1) is 12.3 Å². The molecule has 0 spiro atoms. The van der Waals surface area contributed by atoms with E-state index in [1.165, 1.54) is 18.4 Å². The number of piperazine rings is 1. The first-order chi connectivity index (χ1) is 16.8. The van der Waals surface area contributed by atoms with Gasteiger partial charge in [-0.2, -0.15) is 0 Å². The van der Waals surface area contributed by atoms with Gasteiger partial charge in [-0.15, -0.1) is 0 Å². The number of amides is 2. The summed E-state index contributed by atoms with van der Waals surface area (Å²) in [6, 6.07) is 7.67. The number of nitrogens with zero attached hydrogens (tertiary/aromatic N) is 4. The van der Waals surface area contributed by atoms with Gasteiger partial charge in [-0.3, -0.25) is 9.59 Å². The predicted octanol–water partition coefficient (Wildman–Crippen LogP) is 3.99. The highest BCUT2D eigenvalue weighted by Crippen LogP contribution is 2.20. The van der Waals surface area contributed by atoms with Gasteiger partial charge in [-0.05, 0) is 58.2 Å². The van der Waals surface area contributed by atoms with E-state index in [1.807, 2.05) is 31.2 Å². The van der Waals surface area contributed by atoms with E-state index in [0.29, 0.717) is 36.7 Å². The average molecular weight is 481 g/mol. The van der Waals surface area contributed by atoms with Gasteiger partial charge in [0.15, 0.2) is 0 Å². The van der Waals surface area contributed by atoms with Crippen molar-refractivity contribution in [1.82, 2.24) is 19.8 Å². The van der Waals surface area contributed by atoms with Crippen LogP contribution in [-0.2, 0) is 11.2 Å². The van der Waals surface area contributed by atoms with Gasteiger partial charge in [-0.25, -0.2) is 14.8 Å². The fraction of sp³-hybridized carbons (Fsp3) is 0.519. The maximum absolute atomic E-state index is 13.4. The number of rotatable bonds is 8. The van der Waals surface area contributed by atoms with Crippen LogP contribution in [0.5, 0.6) is 0 Å². The molecule has 1 aromatic carbocycles. The fourth-order valence-electron chi connectivity index (χ4n) is 4.47. The number of hydrogen-bond acceptors (Lipinski definition) is 6. The average Bonchev–Trinajstić information content (AvgIpc) is 2.83. The largest absolute Gasteiger partial charge is 0.462 e. The summed E-state index contributed by atoms with van der Waals surface area (Å²) < 4.78 is 5.14. The molecule has 0 aliphatic carbocycles. The lowest BCUT2D eigenvalue weighted by Gasteiger charge is -2.40.